The molecule has 1 aromatic carbocycles. The summed E-state index contributed by atoms with van der Waals surface area (Å²) >= 11 is 0. The van der Waals surface area contributed by atoms with Crippen molar-refractivity contribution in [3.05, 3.63) is 36.0 Å². The Labute approximate surface area is 147 Å². The van der Waals surface area contributed by atoms with Crippen molar-refractivity contribution in [2.24, 2.45) is 5.92 Å². The van der Waals surface area contributed by atoms with Crippen LogP contribution < -0.4 is 0 Å². The first-order valence-electron chi connectivity index (χ1n) is 8.15. The second-order valence-corrected chi connectivity index (χ2v) is 5.93. The zero-order valence-electron chi connectivity index (χ0n) is 13.8. The number of para-hydroxylation sites is 1. The fraction of sp³-hybridized carbons (Fsp3) is 0.444. The molecule has 0 radical (unpaired) electrons. The number of hydrogen-bond donors (Lipinski definition) is 1. The smallest absolute Gasteiger partial charge is 0.317 e. The van der Waals surface area contributed by atoms with Crippen LogP contribution in [0.15, 0.2) is 30.5 Å². The average molecular weight is 351 g/mol. The molecule has 1 aliphatic heterocycles. The van der Waals surface area contributed by atoms with Gasteiger partial charge in [-0.1, -0.05) is 18.2 Å². The molecule has 2 heterocycles. The Morgan fingerprint density at radius 1 is 1.38 bits per heavy atom. The van der Waals surface area contributed by atoms with Crippen LogP contribution in [0.1, 0.15) is 18.9 Å². The van der Waals surface area contributed by atoms with E-state index in [2.05, 4.69) is 22.0 Å². The largest absolute Gasteiger partial charge is 0.465 e. The predicted octanol–water partition coefficient (Wildman–Crippen LogP) is 2.59. The summed E-state index contributed by atoms with van der Waals surface area (Å²) in [6.07, 6.45) is 3.37. The molecule has 0 spiro atoms. The Morgan fingerprint density at radius 3 is 2.96 bits per heavy atom. The fourth-order valence-electron chi connectivity index (χ4n) is 3.16. The minimum Gasteiger partial charge on any atom is -0.465 e. The van der Waals surface area contributed by atoms with Crippen LogP contribution in [0.4, 0.5) is 0 Å². The van der Waals surface area contributed by atoms with Crippen molar-refractivity contribution in [3.8, 4) is 0 Å². The number of nitrogens with one attached hydrogen (secondary N) is 1. The van der Waals surface area contributed by atoms with E-state index in [1.807, 2.05) is 18.3 Å². The van der Waals surface area contributed by atoms with Gasteiger partial charge >= 0.3 is 5.97 Å². The predicted molar refractivity (Wildman–Crippen MR) is 95.4 cm³/mol. The highest BCUT2D eigenvalue weighted by Gasteiger charge is 2.33. The van der Waals surface area contributed by atoms with Crippen LogP contribution in [0, 0.1) is 5.92 Å². The highest BCUT2D eigenvalue weighted by atomic mass is 35.5. The highest BCUT2D eigenvalue weighted by Crippen LogP contribution is 2.20. The van der Waals surface area contributed by atoms with Gasteiger partial charge in [0.2, 0.25) is 0 Å². The van der Waals surface area contributed by atoms with Gasteiger partial charge in [0.25, 0.3) is 0 Å². The van der Waals surface area contributed by atoms with Crippen molar-refractivity contribution < 1.29 is 14.3 Å². The van der Waals surface area contributed by atoms with Crippen molar-refractivity contribution in [2.75, 3.05) is 26.2 Å². The summed E-state index contributed by atoms with van der Waals surface area (Å²) in [6, 6.07) is 8.23. The Kier molecular flexibility index (Phi) is 6.40. The summed E-state index contributed by atoms with van der Waals surface area (Å²) in [6.45, 7) is 4.11. The van der Waals surface area contributed by atoms with Gasteiger partial charge in [0.1, 0.15) is 11.7 Å². The van der Waals surface area contributed by atoms with Gasteiger partial charge in [-0.2, -0.15) is 0 Å². The number of piperidine rings is 1. The number of nitrogens with zero attached hydrogens (tertiary/aromatic N) is 1. The first-order valence-corrected chi connectivity index (χ1v) is 8.15. The molecule has 5 nitrogen and oxygen atoms in total. The first-order chi connectivity index (χ1) is 11.2. The quantitative estimate of drug-likeness (QED) is 0.665. The maximum atomic E-state index is 11.9. The molecule has 1 fully saturated rings. The monoisotopic (exact) mass is 350 g/mol. The molecule has 24 heavy (non-hydrogen) atoms. The number of carbonyl (C=O) groups excluding carboxylic acids is 2. The van der Waals surface area contributed by atoms with Gasteiger partial charge in [0.05, 0.1) is 6.61 Å². The van der Waals surface area contributed by atoms with Crippen molar-refractivity contribution >= 4 is 35.1 Å². The van der Waals surface area contributed by atoms with Gasteiger partial charge in [-0.05, 0) is 25.0 Å². The van der Waals surface area contributed by atoms with Gasteiger partial charge < -0.3 is 14.6 Å². The van der Waals surface area contributed by atoms with Crippen molar-refractivity contribution in [2.45, 2.75) is 19.8 Å². The number of ether oxygens (including phenoxy) is 1. The Hall–Kier alpha value is -1.85. The van der Waals surface area contributed by atoms with Crippen LogP contribution in [0.2, 0.25) is 0 Å². The molecule has 0 saturated carbocycles. The van der Waals surface area contributed by atoms with E-state index in [-0.39, 0.29) is 24.2 Å². The lowest BCUT2D eigenvalue weighted by Crippen LogP contribution is -2.45. The molecule has 1 unspecified atom stereocenters. The number of hydrogen-bond acceptors (Lipinski definition) is 4. The third-order valence-corrected chi connectivity index (χ3v) is 4.45. The number of rotatable bonds is 5. The van der Waals surface area contributed by atoms with Gasteiger partial charge in [0, 0.05) is 43.2 Å². The summed E-state index contributed by atoms with van der Waals surface area (Å²) in [5.74, 6) is -0.993. The van der Waals surface area contributed by atoms with E-state index < -0.39 is 5.92 Å². The lowest BCUT2D eigenvalue weighted by molar-refractivity contribution is -0.153. The number of halogens is 1. The van der Waals surface area contributed by atoms with E-state index in [1.54, 1.807) is 6.92 Å². The van der Waals surface area contributed by atoms with E-state index >= 15 is 0 Å². The lowest BCUT2D eigenvalue weighted by Gasteiger charge is -2.30. The molecule has 0 aliphatic carbocycles. The first kappa shape index (κ1) is 18.5. The summed E-state index contributed by atoms with van der Waals surface area (Å²) in [5, 5.41) is 1.24. The van der Waals surface area contributed by atoms with Crippen LogP contribution in [0.3, 0.4) is 0 Å². The molecule has 0 bridgehead atoms. The summed E-state index contributed by atoms with van der Waals surface area (Å²) in [5.41, 5.74) is 2.41. The second kappa shape index (κ2) is 8.31. The second-order valence-electron chi connectivity index (χ2n) is 5.93. The fourth-order valence-corrected chi connectivity index (χ4v) is 3.16. The Morgan fingerprint density at radius 2 is 2.17 bits per heavy atom. The molecule has 1 saturated heterocycles. The van der Waals surface area contributed by atoms with E-state index in [4.69, 9.17) is 4.74 Å². The Bertz CT molecular complexity index is 713. The SMILES string of the molecule is CCOC(=O)C1CN(CCc2c[nH]c3ccccc23)CCC1=O.Cl. The molecule has 3 rings (SSSR count). The third-order valence-electron chi connectivity index (χ3n) is 4.45. The van der Waals surface area contributed by atoms with Crippen molar-refractivity contribution in [3.63, 3.8) is 0 Å². The number of Topliss-reactive ketones (excluding diaryl/α,β-unsaturated/α-hetero) is 1. The number of H-pyrrole nitrogens is 1. The van der Waals surface area contributed by atoms with Crippen LogP contribution >= 0.6 is 12.4 Å². The number of fused-ring (bicyclic) bond motifs is 1. The lowest BCUT2D eigenvalue weighted by atomic mass is 9.96. The van der Waals surface area contributed by atoms with Gasteiger partial charge in [-0.3, -0.25) is 9.59 Å². The van der Waals surface area contributed by atoms with Crippen LogP contribution in [-0.2, 0) is 20.7 Å². The van der Waals surface area contributed by atoms with E-state index in [0.29, 0.717) is 19.6 Å². The maximum Gasteiger partial charge on any atom is 0.317 e. The molecular formula is C18H23ClN2O3. The van der Waals surface area contributed by atoms with Gasteiger partial charge in [-0.15, -0.1) is 12.4 Å². The third kappa shape index (κ3) is 3.97. The average Bonchev–Trinajstić information content (AvgIpc) is 2.97. The Balaban J connectivity index is 0.00000208. The van der Waals surface area contributed by atoms with Crippen LogP contribution in [-0.4, -0.2) is 47.9 Å². The summed E-state index contributed by atoms with van der Waals surface area (Å²) in [4.78, 5) is 29.3. The van der Waals surface area contributed by atoms with Crippen LogP contribution in [0.5, 0.6) is 0 Å². The van der Waals surface area contributed by atoms with E-state index in [1.165, 1.54) is 10.9 Å². The minimum absolute atomic E-state index is 0. The molecular weight excluding hydrogens is 328 g/mol. The highest BCUT2D eigenvalue weighted by molar-refractivity contribution is 5.99. The number of benzene rings is 1. The molecule has 2 aromatic rings. The number of ketones is 1. The zero-order valence-corrected chi connectivity index (χ0v) is 14.6. The zero-order chi connectivity index (χ0) is 16.2. The number of aromatic nitrogens is 1. The topological polar surface area (TPSA) is 62.4 Å². The standard InChI is InChI=1S/C18H22N2O3.ClH/c1-2-23-18(22)15-12-20(10-8-17(15)21)9-7-13-11-19-16-6-4-3-5-14(13)16;/h3-6,11,15,19H,2,7-10,12H2,1H3;1H. The maximum absolute atomic E-state index is 11.9. The normalized spacial score (nSPS) is 18.4. The van der Waals surface area contributed by atoms with E-state index in [9.17, 15) is 9.59 Å². The molecule has 0 amide bonds. The molecule has 1 aliphatic rings. The summed E-state index contributed by atoms with van der Waals surface area (Å²) < 4.78 is 5.02. The number of aromatic amines is 1. The molecule has 6 heteroatoms. The molecule has 1 N–H and O–H groups in total. The van der Waals surface area contributed by atoms with Gasteiger partial charge in [0.15, 0.2) is 0 Å². The number of esters is 1. The minimum atomic E-state index is -0.619. The van der Waals surface area contributed by atoms with Crippen molar-refractivity contribution in [1.82, 2.24) is 9.88 Å². The number of likely N-dealkylation sites (tertiary alicyclic amines) is 1. The molecule has 130 valence electrons. The summed E-state index contributed by atoms with van der Waals surface area (Å²) in [7, 11) is 0. The molecule has 1 atom stereocenters. The van der Waals surface area contributed by atoms with Gasteiger partial charge in [-0.25, -0.2) is 0 Å². The van der Waals surface area contributed by atoms with Crippen molar-refractivity contribution in [1.29, 1.82) is 0 Å². The van der Waals surface area contributed by atoms with Crippen LogP contribution in [0.25, 0.3) is 10.9 Å². The van der Waals surface area contributed by atoms with E-state index in [0.717, 1.165) is 25.0 Å². The molecule has 1 aromatic heterocycles. The number of carbonyl (C=O) groups is 2.